The molecular formula is C13H17N7OS. The number of hydrogen-bond donors (Lipinski definition) is 2. The molecule has 0 radical (unpaired) electrons. The highest BCUT2D eigenvalue weighted by Gasteiger charge is 2.30. The minimum atomic E-state index is -0.0441. The first-order valence-corrected chi connectivity index (χ1v) is 7.93. The van der Waals surface area contributed by atoms with Gasteiger partial charge in [0.15, 0.2) is 0 Å². The normalized spacial score (nSPS) is 17.7. The Morgan fingerprint density at radius 2 is 2.41 bits per heavy atom. The molecule has 3 rings (SSSR count). The quantitative estimate of drug-likeness (QED) is 0.865. The van der Waals surface area contributed by atoms with E-state index in [1.165, 1.54) is 11.3 Å². The molecule has 1 amide bonds. The Morgan fingerprint density at radius 1 is 1.55 bits per heavy atom. The second-order valence-corrected chi connectivity index (χ2v) is 5.88. The van der Waals surface area contributed by atoms with Gasteiger partial charge in [0.25, 0.3) is 0 Å². The Bertz CT molecular complexity index is 660. The molecule has 1 aliphatic rings. The Balaban J connectivity index is 1.87. The van der Waals surface area contributed by atoms with Gasteiger partial charge < -0.3 is 16.0 Å². The zero-order valence-corrected chi connectivity index (χ0v) is 13.0. The van der Waals surface area contributed by atoms with Gasteiger partial charge in [0.1, 0.15) is 17.2 Å². The summed E-state index contributed by atoms with van der Waals surface area (Å²) < 4.78 is 0. The largest absolute Gasteiger partial charge is 0.333 e. The molecule has 0 bridgehead atoms. The van der Waals surface area contributed by atoms with Gasteiger partial charge in [0.05, 0.1) is 18.3 Å². The predicted molar refractivity (Wildman–Crippen MR) is 82.7 cm³/mol. The molecule has 22 heavy (non-hydrogen) atoms. The highest BCUT2D eigenvalue weighted by atomic mass is 32.1. The van der Waals surface area contributed by atoms with Crippen molar-refractivity contribution in [2.75, 3.05) is 18.4 Å². The number of amides is 1. The Labute approximate surface area is 131 Å². The number of carbonyl (C=O) groups is 1. The van der Waals surface area contributed by atoms with E-state index in [1.807, 2.05) is 13.0 Å². The van der Waals surface area contributed by atoms with Crippen LogP contribution < -0.4 is 11.1 Å². The van der Waals surface area contributed by atoms with Gasteiger partial charge in [-0.2, -0.15) is 0 Å². The van der Waals surface area contributed by atoms with E-state index in [-0.39, 0.29) is 18.5 Å². The van der Waals surface area contributed by atoms with Crippen LogP contribution in [0.2, 0.25) is 0 Å². The molecule has 116 valence electrons. The molecule has 1 aliphatic heterocycles. The van der Waals surface area contributed by atoms with Crippen LogP contribution in [0.4, 0.5) is 10.9 Å². The zero-order chi connectivity index (χ0) is 15.5. The first-order valence-electron chi connectivity index (χ1n) is 7.05. The lowest BCUT2D eigenvalue weighted by Gasteiger charge is -2.24. The maximum absolute atomic E-state index is 11.9. The third-order valence-corrected chi connectivity index (χ3v) is 4.15. The summed E-state index contributed by atoms with van der Waals surface area (Å²) >= 11 is 1.40. The third-order valence-electron chi connectivity index (χ3n) is 3.54. The monoisotopic (exact) mass is 319 g/mol. The van der Waals surface area contributed by atoms with Crippen LogP contribution >= 0.6 is 11.3 Å². The number of nitrogens with two attached hydrogens (primary N) is 1. The number of nitrogens with one attached hydrogen (secondary N) is 1. The maximum Gasteiger partial charge on any atom is 0.236 e. The SMILES string of the molecule is Cc1nc(Nc2nncs2)cc([C@H]2CCCN2C(=O)CN)n1. The summed E-state index contributed by atoms with van der Waals surface area (Å²) in [6.45, 7) is 2.58. The van der Waals surface area contributed by atoms with Crippen molar-refractivity contribution in [3.8, 4) is 0 Å². The molecule has 9 heteroatoms. The Hall–Kier alpha value is -2.13. The van der Waals surface area contributed by atoms with Gasteiger partial charge in [0.2, 0.25) is 11.0 Å². The predicted octanol–water partition coefficient (Wildman–Crippen LogP) is 1.00. The van der Waals surface area contributed by atoms with E-state index in [2.05, 4.69) is 25.5 Å². The second-order valence-electron chi connectivity index (χ2n) is 5.04. The summed E-state index contributed by atoms with van der Waals surface area (Å²) in [6, 6.07) is 1.83. The fourth-order valence-electron chi connectivity index (χ4n) is 2.65. The van der Waals surface area contributed by atoms with Crippen molar-refractivity contribution < 1.29 is 4.79 Å². The van der Waals surface area contributed by atoms with Gasteiger partial charge in [-0.15, -0.1) is 10.2 Å². The molecule has 0 aromatic carbocycles. The number of hydrogen-bond acceptors (Lipinski definition) is 8. The fourth-order valence-corrected chi connectivity index (χ4v) is 3.10. The zero-order valence-electron chi connectivity index (χ0n) is 12.2. The molecule has 1 fully saturated rings. The number of aryl methyl sites for hydroxylation is 1. The van der Waals surface area contributed by atoms with Crippen LogP contribution in [0.1, 0.15) is 30.4 Å². The maximum atomic E-state index is 11.9. The first-order chi connectivity index (χ1) is 10.7. The Kier molecular flexibility index (Phi) is 4.25. The number of carbonyl (C=O) groups excluding carboxylic acids is 1. The average Bonchev–Trinajstić information content (AvgIpc) is 3.16. The molecule has 3 heterocycles. The third kappa shape index (κ3) is 3.04. The summed E-state index contributed by atoms with van der Waals surface area (Å²) in [7, 11) is 0. The van der Waals surface area contributed by atoms with E-state index in [9.17, 15) is 4.79 Å². The first kappa shape index (κ1) is 14.8. The van der Waals surface area contributed by atoms with Crippen LogP contribution in [0, 0.1) is 6.92 Å². The minimum absolute atomic E-state index is 0.0243. The summed E-state index contributed by atoms with van der Waals surface area (Å²) in [6.07, 6.45) is 1.85. The summed E-state index contributed by atoms with van der Waals surface area (Å²) in [4.78, 5) is 22.6. The van der Waals surface area contributed by atoms with E-state index in [4.69, 9.17) is 5.73 Å². The van der Waals surface area contributed by atoms with Crippen molar-refractivity contribution in [2.45, 2.75) is 25.8 Å². The van der Waals surface area contributed by atoms with Gasteiger partial charge >= 0.3 is 0 Å². The molecular weight excluding hydrogens is 302 g/mol. The number of rotatable bonds is 4. The molecule has 2 aromatic heterocycles. The molecule has 2 aromatic rings. The lowest BCUT2D eigenvalue weighted by molar-refractivity contribution is -0.130. The second kappa shape index (κ2) is 6.32. The summed E-state index contributed by atoms with van der Waals surface area (Å²) in [5.74, 6) is 1.26. The van der Waals surface area contributed by atoms with Gasteiger partial charge in [-0.25, -0.2) is 9.97 Å². The van der Waals surface area contributed by atoms with Gasteiger partial charge in [-0.05, 0) is 19.8 Å². The van der Waals surface area contributed by atoms with Crippen LogP contribution in [0.15, 0.2) is 11.6 Å². The van der Waals surface area contributed by atoms with E-state index in [1.54, 1.807) is 10.4 Å². The van der Waals surface area contributed by atoms with Crippen LogP contribution in [0.5, 0.6) is 0 Å². The van der Waals surface area contributed by atoms with Crippen molar-refractivity contribution in [3.63, 3.8) is 0 Å². The lowest BCUT2D eigenvalue weighted by Crippen LogP contribution is -2.35. The standard InChI is InChI=1S/C13H17N7OS/c1-8-16-9(10-3-2-4-20(10)12(21)6-14)5-11(17-8)18-13-19-15-7-22-13/h5,7,10H,2-4,6,14H2,1H3,(H,16,17,18,19)/t10-/m1/s1. The lowest BCUT2D eigenvalue weighted by atomic mass is 10.1. The van der Waals surface area contributed by atoms with Crippen LogP contribution in [-0.2, 0) is 4.79 Å². The molecule has 0 saturated carbocycles. The fraction of sp³-hybridized carbons (Fsp3) is 0.462. The molecule has 8 nitrogen and oxygen atoms in total. The van der Waals surface area contributed by atoms with Gasteiger partial charge in [-0.3, -0.25) is 4.79 Å². The molecule has 1 saturated heterocycles. The van der Waals surface area contributed by atoms with E-state index < -0.39 is 0 Å². The molecule has 1 atom stereocenters. The Morgan fingerprint density at radius 3 is 3.14 bits per heavy atom. The summed E-state index contributed by atoms with van der Waals surface area (Å²) in [5, 5.41) is 11.5. The van der Waals surface area contributed by atoms with Crippen molar-refractivity contribution in [1.29, 1.82) is 0 Å². The highest BCUT2D eigenvalue weighted by Crippen LogP contribution is 2.32. The van der Waals surface area contributed by atoms with Gasteiger partial charge in [-0.1, -0.05) is 11.3 Å². The van der Waals surface area contributed by atoms with E-state index in [0.29, 0.717) is 16.8 Å². The van der Waals surface area contributed by atoms with Crippen LogP contribution in [0.25, 0.3) is 0 Å². The van der Waals surface area contributed by atoms with Crippen molar-refractivity contribution >= 4 is 28.2 Å². The van der Waals surface area contributed by atoms with E-state index >= 15 is 0 Å². The molecule has 0 aliphatic carbocycles. The number of anilines is 2. The van der Waals surface area contributed by atoms with Crippen molar-refractivity contribution in [1.82, 2.24) is 25.1 Å². The highest BCUT2D eigenvalue weighted by molar-refractivity contribution is 7.13. The smallest absolute Gasteiger partial charge is 0.236 e. The minimum Gasteiger partial charge on any atom is -0.333 e. The molecule has 0 unspecified atom stereocenters. The van der Waals surface area contributed by atoms with Gasteiger partial charge in [0, 0.05) is 12.6 Å². The number of nitrogens with zero attached hydrogens (tertiary/aromatic N) is 5. The molecule has 0 spiro atoms. The average molecular weight is 319 g/mol. The number of likely N-dealkylation sites (tertiary alicyclic amines) is 1. The van der Waals surface area contributed by atoms with Crippen LogP contribution in [-0.4, -0.2) is 44.1 Å². The van der Waals surface area contributed by atoms with Crippen molar-refractivity contribution in [2.24, 2.45) is 5.73 Å². The molecule has 3 N–H and O–H groups in total. The van der Waals surface area contributed by atoms with Crippen LogP contribution in [0.3, 0.4) is 0 Å². The van der Waals surface area contributed by atoms with E-state index in [0.717, 1.165) is 25.1 Å². The summed E-state index contributed by atoms with van der Waals surface area (Å²) in [5.41, 5.74) is 7.97. The topological polar surface area (TPSA) is 110 Å². The van der Waals surface area contributed by atoms with Crippen molar-refractivity contribution in [3.05, 3.63) is 23.1 Å². The number of aromatic nitrogens is 4.